The van der Waals surface area contributed by atoms with Crippen LogP contribution in [0.3, 0.4) is 0 Å². The fourth-order valence-corrected chi connectivity index (χ4v) is 1.31. The van der Waals surface area contributed by atoms with Gasteiger partial charge in [0.1, 0.15) is 17.2 Å². The third-order valence-electron chi connectivity index (χ3n) is 2.16. The van der Waals surface area contributed by atoms with Gasteiger partial charge >= 0.3 is 0 Å². The highest BCUT2D eigenvalue weighted by Crippen LogP contribution is 2.25. The lowest BCUT2D eigenvalue weighted by Gasteiger charge is -1.98. The summed E-state index contributed by atoms with van der Waals surface area (Å²) in [6.07, 6.45) is 1.52. The Hall–Kier alpha value is -3.89. The Morgan fingerprint density at radius 2 is 1.25 bits per heavy atom. The van der Waals surface area contributed by atoms with Crippen LogP contribution in [0.15, 0.2) is 53.5 Å². The maximum atomic E-state index is 9.50. The predicted octanol–water partition coefficient (Wildman–Crippen LogP) is 2.15. The second kappa shape index (κ2) is 10.8. The van der Waals surface area contributed by atoms with Crippen molar-refractivity contribution in [3.8, 4) is 11.5 Å². The van der Waals surface area contributed by atoms with Crippen LogP contribution in [0.2, 0.25) is 0 Å². The SMILES string of the molecule is O=[N+]([O-])O.O=[N+]([O-])O.Oc1ccccc1/C=N/c1ccccc1O. The highest BCUT2D eigenvalue weighted by atomic mass is 16.9. The molecular weight excluding hydrogens is 326 g/mol. The molecule has 128 valence electrons. The highest BCUT2D eigenvalue weighted by Gasteiger charge is 1.97. The quantitative estimate of drug-likeness (QED) is 0.365. The molecule has 0 saturated carbocycles. The molecule has 0 aliphatic heterocycles. The largest absolute Gasteiger partial charge is 0.507 e. The maximum Gasteiger partial charge on any atom is 0.291 e. The maximum absolute atomic E-state index is 9.50. The first-order valence-corrected chi connectivity index (χ1v) is 6.00. The number of benzene rings is 2. The minimum Gasteiger partial charge on any atom is -0.507 e. The fraction of sp³-hybridized carbons (Fsp3) is 0. The minimum atomic E-state index is -1.50. The Balaban J connectivity index is 0.000000558. The standard InChI is InChI=1S/C13H11NO2.2HNO3/c15-12-7-3-1-5-10(12)9-14-11-6-2-4-8-13(11)16;2*2-1(3)4/h1-9,15-16H;2*(H,2,3,4)/b14-9+;;. The summed E-state index contributed by atoms with van der Waals surface area (Å²) >= 11 is 0. The molecule has 0 aliphatic carbocycles. The summed E-state index contributed by atoms with van der Waals surface area (Å²) in [5.74, 6) is 0.288. The Morgan fingerprint density at radius 1 is 0.833 bits per heavy atom. The molecule has 0 bridgehead atoms. The van der Waals surface area contributed by atoms with Crippen molar-refractivity contribution in [3.05, 3.63) is 74.3 Å². The summed E-state index contributed by atoms with van der Waals surface area (Å²) in [4.78, 5) is 20.8. The lowest BCUT2D eigenvalue weighted by Crippen LogP contribution is -1.81. The van der Waals surface area contributed by atoms with Crippen molar-refractivity contribution >= 4 is 11.9 Å². The number of hydrogen-bond donors (Lipinski definition) is 4. The molecule has 4 N–H and O–H groups in total. The molecule has 0 radical (unpaired) electrons. The number of aromatic hydroxyl groups is 2. The van der Waals surface area contributed by atoms with Crippen LogP contribution in [0.5, 0.6) is 11.5 Å². The van der Waals surface area contributed by atoms with Gasteiger partial charge in [0.15, 0.2) is 0 Å². The van der Waals surface area contributed by atoms with Gasteiger partial charge in [0, 0.05) is 11.8 Å². The topological polar surface area (TPSA) is 180 Å². The number of aliphatic imine (C=N–C) groups is 1. The molecule has 0 spiro atoms. The molecule has 2 rings (SSSR count). The van der Waals surface area contributed by atoms with Crippen molar-refractivity contribution < 1.29 is 30.8 Å². The van der Waals surface area contributed by atoms with E-state index in [9.17, 15) is 10.2 Å². The van der Waals surface area contributed by atoms with Gasteiger partial charge in [-0.1, -0.05) is 24.3 Å². The van der Waals surface area contributed by atoms with Crippen molar-refractivity contribution in [2.45, 2.75) is 0 Å². The fourth-order valence-electron chi connectivity index (χ4n) is 1.31. The van der Waals surface area contributed by atoms with Gasteiger partial charge in [-0.15, -0.1) is 20.2 Å². The van der Waals surface area contributed by atoms with E-state index in [0.29, 0.717) is 11.3 Å². The zero-order valence-electron chi connectivity index (χ0n) is 12.0. The molecule has 11 heteroatoms. The van der Waals surface area contributed by atoms with E-state index in [2.05, 4.69) is 4.99 Å². The van der Waals surface area contributed by atoms with E-state index in [1.54, 1.807) is 42.5 Å². The van der Waals surface area contributed by atoms with Crippen molar-refractivity contribution in [1.82, 2.24) is 0 Å². The highest BCUT2D eigenvalue weighted by molar-refractivity contribution is 5.85. The van der Waals surface area contributed by atoms with Gasteiger partial charge in [0.2, 0.25) is 0 Å². The summed E-state index contributed by atoms with van der Waals surface area (Å²) in [7, 11) is 0. The van der Waals surface area contributed by atoms with Crippen LogP contribution in [-0.2, 0) is 0 Å². The number of phenolic OH excluding ortho intramolecular Hbond substituents is 2. The van der Waals surface area contributed by atoms with Crippen molar-refractivity contribution in [2.24, 2.45) is 4.99 Å². The molecule has 0 aliphatic rings. The minimum absolute atomic E-state index is 0.120. The smallest absolute Gasteiger partial charge is 0.291 e. The molecule has 11 nitrogen and oxygen atoms in total. The van der Waals surface area contributed by atoms with Crippen LogP contribution in [0.1, 0.15) is 5.56 Å². The molecule has 0 heterocycles. The Kier molecular flexibility index (Phi) is 9.03. The molecule has 0 atom stereocenters. The lowest BCUT2D eigenvalue weighted by atomic mass is 10.2. The first-order chi connectivity index (χ1) is 11.2. The van der Waals surface area contributed by atoms with Crippen molar-refractivity contribution in [1.29, 1.82) is 0 Å². The summed E-state index contributed by atoms with van der Waals surface area (Å²) < 4.78 is 0. The van der Waals surface area contributed by atoms with Crippen LogP contribution in [-0.4, -0.2) is 37.0 Å². The van der Waals surface area contributed by atoms with E-state index in [1.807, 2.05) is 6.07 Å². The van der Waals surface area contributed by atoms with Gasteiger partial charge in [0.25, 0.3) is 10.2 Å². The van der Waals surface area contributed by atoms with Gasteiger partial charge in [0.05, 0.1) is 0 Å². The normalized spacial score (nSPS) is 9.17. The van der Waals surface area contributed by atoms with E-state index >= 15 is 0 Å². The Labute approximate surface area is 134 Å². The number of nitrogens with zero attached hydrogens (tertiary/aromatic N) is 3. The molecule has 0 unspecified atom stereocenters. The predicted molar refractivity (Wildman–Crippen MR) is 81.0 cm³/mol. The van der Waals surface area contributed by atoms with Gasteiger partial charge in [-0.3, -0.25) is 4.99 Å². The summed E-state index contributed by atoms with van der Waals surface area (Å²) in [6.45, 7) is 0. The molecule has 24 heavy (non-hydrogen) atoms. The zero-order valence-corrected chi connectivity index (χ0v) is 12.0. The van der Waals surface area contributed by atoms with E-state index < -0.39 is 10.2 Å². The Bertz CT molecular complexity index is 638. The molecule has 0 aromatic heterocycles. The van der Waals surface area contributed by atoms with Gasteiger partial charge in [-0.2, -0.15) is 0 Å². The van der Waals surface area contributed by atoms with Crippen LogP contribution in [0.25, 0.3) is 0 Å². The van der Waals surface area contributed by atoms with Gasteiger partial charge in [-0.25, -0.2) is 0 Å². The van der Waals surface area contributed by atoms with Crippen LogP contribution in [0.4, 0.5) is 5.69 Å². The van der Waals surface area contributed by atoms with Gasteiger partial charge < -0.3 is 20.6 Å². The second-order valence-corrected chi connectivity index (χ2v) is 3.78. The van der Waals surface area contributed by atoms with Crippen LogP contribution in [0, 0.1) is 20.2 Å². The molecule has 2 aromatic carbocycles. The number of hydrogen-bond acceptors (Lipinski definition) is 7. The lowest BCUT2D eigenvalue weighted by molar-refractivity contribution is -0.742. The molecule has 0 saturated heterocycles. The van der Waals surface area contributed by atoms with Crippen LogP contribution < -0.4 is 0 Å². The molecule has 0 amide bonds. The molecule has 0 fully saturated rings. The summed E-state index contributed by atoms with van der Waals surface area (Å²) in [6, 6.07) is 13.7. The third-order valence-corrected chi connectivity index (χ3v) is 2.16. The summed E-state index contributed by atoms with van der Waals surface area (Å²) in [5, 5.41) is 46.3. The van der Waals surface area contributed by atoms with Crippen molar-refractivity contribution in [2.75, 3.05) is 0 Å². The molecule has 2 aromatic rings. The molecular formula is C13H13N3O8. The average Bonchev–Trinajstić information content (AvgIpc) is 2.47. The second-order valence-electron chi connectivity index (χ2n) is 3.78. The Morgan fingerprint density at radius 3 is 1.71 bits per heavy atom. The monoisotopic (exact) mass is 339 g/mol. The number of para-hydroxylation sites is 3. The number of phenols is 2. The third kappa shape index (κ3) is 9.93. The van der Waals surface area contributed by atoms with Gasteiger partial charge in [-0.05, 0) is 24.3 Å². The van der Waals surface area contributed by atoms with E-state index in [-0.39, 0.29) is 11.5 Å². The van der Waals surface area contributed by atoms with E-state index in [1.165, 1.54) is 6.21 Å². The van der Waals surface area contributed by atoms with Crippen LogP contribution >= 0.6 is 0 Å². The zero-order chi connectivity index (χ0) is 18.5. The summed E-state index contributed by atoms with van der Waals surface area (Å²) in [5.41, 5.74) is 1.09. The first-order valence-electron chi connectivity index (χ1n) is 6.00. The average molecular weight is 339 g/mol. The van der Waals surface area contributed by atoms with Crippen molar-refractivity contribution in [3.63, 3.8) is 0 Å². The van der Waals surface area contributed by atoms with E-state index in [0.717, 1.165) is 0 Å². The number of rotatable bonds is 2. The first kappa shape index (κ1) is 20.1. The van der Waals surface area contributed by atoms with E-state index in [4.69, 9.17) is 30.6 Å².